The van der Waals surface area contributed by atoms with Gasteiger partial charge in [0.1, 0.15) is 0 Å². The summed E-state index contributed by atoms with van der Waals surface area (Å²) in [6.45, 7) is 7.32. The number of thiocarbonyl (C=S) groups is 1. The topological polar surface area (TPSA) is 45.6 Å². The molecule has 33 heavy (non-hydrogen) atoms. The maximum Gasteiger partial charge on any atom is 0.170 e. The minimum absolute atomic E-state index is 0.0134. The van der Waals surface area contributed by atoms with E-state index in [1.165, 1.54) is 5.69 Å². The smallest absolute Gasteiger partial charge is 0.170 e. The molecule has 172 valence electrons. The highest BCUT2D eigenvalue weighted by Crippen LogP contribution is 2.39. The van der Waals surface area contributed by atoms with Gasteiger partial charge in [0.25, 0.3) is 0 Å². The van der Waals surface area contributed by atoms with Crippen LogP contribution in [0.1, 0.15) is 29.0 Å². The Bertz CT molecular complexity index is 1110. The van der Waals surface area contributed by atoms with E-state index in [1.54, 1.807) is 0 Å². The third-order valence-corrected chi connectivity index (χ3v) is 7.24. The monoisotopic (exact) mass is 481 g/mol. The molecule has 2 aliphatic heterocycles. The normalized spacial score (nSPS) is 21.4. The lowest BCUT2D eigenvalue weighted by atomic mass is 10.0. The van der Waals surface area contributed by atoms with Gasteiger partial charge in [-0.2, -0.15) is 0 Å². The van der Waals surface area contributed by atoms with Crippen LogP contribution in [0, 0.1) is 6.92 Å². The first-order valence-electron chi connectivity index (χ1n) is 11.3. The van der Waals surface area contributed by atoms with Crippen LogP contribution in [-0.2, 0) is 4.74 Å². The minimum atomic E-state index is -0.0366. The second-order valence-corrected chi connectivity index (χ2v) is 9.30. The zero-order chi connectivity index (χ0) is 22.8. The van der Waals surface area contributed by atoms with Crippen molar-refractivity contribution in [3.63, 3.8) is 0 Å². The summed E-state index contributed by atoms with van der Waals surface area (Å²) >= 11 is 12.2. The van der Waals surface area contributed by atoms with Crippen LogP contribution in [0.15, 0.2) is 60.9 Å². The molecule has 2 saturated heterocycles. The van der Waals surface area contributed by atoms with Crippen LogP contribution in [0.2, 0.25) is 5.02 Å². The van der Waals surface area contributed by atoms with Crippen molar-refractivity contribution in [1.29, 1.82) is 0 Å². The summed E-state index contributed by atoms with van der Waals surface area (Å²) in [5.41, 5.74) is 4.29. The van der Waals surface area contributed by atoms with E-state index >= 15 is 0 Å². The largest absolute Gasteiger partial charge is 0.379 e. The highest BCUT2D eigenvalue weighted by atomic mass is 35.5. The van der Waals surface area contributed by atoms with E-state index in [0.717, 1.165) is 66.5 Å². The van der Waals surface area contributed by atoms with Gasteiger partial charge in [0.15, 0.2) is 5.11 Å². The van der Waals surface area contributed by atoms with Gasteiger partial charge < -0.3 is 19.5 Å². The molecule has 8 heteroatoms. The summed E-state index contributed by atoms with van der Waals surface area (Å²) in [6.07, 6.45) is 3.95. The molecule has 2 unspecified atom stereocenters. The van der Waals surface area contributed by atoms with Crippen LogP contribution in [0.3, 0.4) is 0 Å². The third-order valence-electron chi connectivity index (χ3n) is 6.46. The number of nitrogens with zero attached hydrogens (tertiary/aromatic N) is 4. The Morgan fingerprint density at radius 3 is 2.73 bits per heavy atom. The number of nitrogens with one attached hydrogen (secondary N) is 1. The zero-order valence-corrected chi connectivity index (χ0v) is 20.2. The van der Waals surface area contributed by atoms with E-state index in [0.29, 0.717) is 0 Å². The Morgan fingerprint density at radius 2 is 1.97 bits per heavy atom. The van der Waals surface area contributed by atoms with Gasteiger partial charge in [-0.05, 0) is 67.2 Å². The molecule has 0 spiro atoms. The SMILES string of the molecule is Cc1cc(-n2cccc2C2C(c3ccccn3)NC(=S)N2CCN2CCOCC2)ccc1Cl. The summed E-state index contributed by atoms with van der Waals surface area (Å²) in [4.78, 5) is 9.43. The number of aryl methyl sites for hydroxylation is 1. The quantitative estimate of drug-likeness (QED) is 0.534. The number of pyridine rings is 1. The molecule has 0 aliphatic carbocycles. The van der Waals surface area contributed by atoms with E-state index in [9.17, 15) is 0 Å². The number of ether oxygens (including phenoxy) is 1. The highest BCUT2D eigenvalue weighted by molar-refractivity contribution is 7.80. The zero-order valence-electron chi connectivity index (χ0n) is 18.7. The van der Waals surface area contributed by atoms with Crippen molar-refractivity contribution < 1.29 is 4.74 Å². The van der Waals surface area contributed by atoms with Crippen molar-refractivity contribution in [2.75, 3.05) is 39.4 Å². The number of hydrogen-bond donors (Lipinski definition) is 1. The molecular formula is C25H28ClN5OS. The Kier molecular flexibility index (Phi) is 6.64. The minimum Gasteiger partial charge on any atom is -0.379 e. The van der Waals surface area contributed by atoms with Crippen LogP contribution in [0.4, 0.5) is 0 Å². The van der Waals surface area contributed by atoms with Crippen molar-refractivity contribution in [3.05, 3.63) is 82.9 Å². The van der Waals surface area contributed by atoms with Crippen molar-refractivity contribution in [1.82, 2.24) is 24.7 Å². The average Bonchev–Trinajstić information content (AvgIpc) is 3.45. The molecule has 0 saturated carbocycles. The number of benzene rings is 1. The molecule has 2 aromatic heterocycles. The summed E-state index contributed by atoms with van der Waals surface area (Å²) in [5.74, 6) is 0. The molecule has 2 atom stereocenters. The van der Waals surface area contributed by atoms with Crippen molar-refractivity contribution >= 4 is 28.9 Å². The molecular weight excluding hydrogens is 454 g/mol. The molecule has 0 amide bonds. The van der Waals surface area contributed by atoms with Crippen molar-refractivity contribution in [3.8, 4) is 5.69 Å². The second-order valence-electron chi connectivity index (χ2n) is 8.51. The van der Waals surface area contributed by atoms with Gasteiger partial charge in [-0.1, -0.05) is 17.7 Å². The molecule has 1 aromatic carbocycles. The fourth-order valence-corrected chi connectivity index (χ4v) is 5.14. The van der Waals surface area contributed by atoms with Gasteiger partial charge in [-0.15, -0.1) is 0 Å². The van der Waals surface area contributed by atoms with Gasteiger partial charge in [-0.3, -0.25) is 9.88 Å². The number of hydrogen-bond acceptors (Lipinski definition) is 4. The maximum absolute atomic E-state index is 6.30. The Labute approximate surface area is 205 Å². The van der Waals surface area contributed by atoms with Crippen molar-refractivity contribution in [2.24, 2.45) is 0 Å². The summed E-state index contributed by atoms with van der Waals surface area (Å²) in [6, 6.07) is 16.4. The second kappa shape index (κ2) is 9.81. The van der Waals surface area contributed by atoms with Gasteiger partial charge in [0.2, 0.25) is 0 Å². The highest BCUT2D eigenvalue weighted by Gasteiger charge is 2.41. The van der Waals surface area contributed by atoms with E-state index in [4.69, 9.17) is 28.6 Å². The molecule has 4 heterocycles. The number of morpholine rings is 1. The number of rotatable bonds is 6. The van der Waals surface area contributed by atoms with Crippen LogP contribution in [0.25, 0.3) is 5.69 Å². The summed E-state index contributed by atoms with van der Waals surface area (Å²) < 4.78 is 7.75. The first-order chi connectivity index (χ1) is 16.1. The average molecular weight is 482 g/mol. The molecule has 6 nitrogen and oxygen atoms in total. The first-order valence-corrected chi connectivity index (χ1v) is 12.1. The summed E-state index contributed by atoms with van der Waals surface area (Å²) in [7, 11) is 0. The van der Waals surface area contributed by atoms with Crippen LogP contribution in [0.5, 0.6) is 0 Å². The Balaban J connectivity index is 1.51. The van der Waals surface area contributed by atoms with Gasteiger partial charge in [-0.25, -0.2) is 0 Å². The standard InChI is InChI=1S/C25H28ClN5OS/c1-18-17-19(7-8-20(18)26)30-10-4-6-22(30)24-23(21-5-2-3-9-27-21)28-25(33)31(24)12-11-29-13-15-32-16-14-29/h2-10,17,23-24H,11-16H2,1H3,(H,28,33). The predicted octanol–water partition coefficient (Wildman–Crippen LogP) is 4.14. The lowest BCUT2D eigenvalue weighted by molar-refractivity contribution is 0.0349. The lowest BCUT2D eigenvalue weighted by Gasteiger charge is -2.32. The molecule has 1 N–H and O–H groups in total. The van der Waals surface area contributed by atoms with E-state index < -0.39 is 0 Å². The Morgan fingerprint density at radius 1 is 1.12 bits per heavy atom. The van der Waals surface area contributed by atoms with Gasteiger partial charge in [0.05, 0.1) is 31.0 Å². The fourth-order valence-electron chi connectivity index (χ4n) is 4.69. The molecule has 2 fully saturated rings. The van der Waals surface area contributed by atoms with E-state index in [-0.39, 0.29) is 12.1 Å². The van der Waals surface area contributed by atoms with Crippen LogP contribution >= 0.6 is 23.8 Å². The summed E-state index contributed by atoms with van der Waals surface area (Å²) in [5, 5.41) is 5.10. The van der Waals surface area contributed by atoms with E-state index in [2.05, 4.69) is 61.2 Å². The number of halogens is 1. The molecule has 0 radical (unpaired) electrons. The molecule has 0 bridgehead atoms. The van der Waals surface area contributed by atoms with Gasteiger partial charge in [0, 0.05) is 55.0 Å². The van der Waals surface area contributed by atoms with Crippen molar-refractivity contribution in [2.45, 2.75) is 19.0 Å². The van der Waals surface area contributed by atoms with Crippen LogP contribution < -0.4 is 5.32 Å². The molecule has 5 rings (SSSR count). The third kappa shape index (κ3) is 4.64. The Hall–Kier alpha value is -2.45. The van der Waals surface area contributed by atoms with Crippen LogP contribution in [-0.4, -0.2) is 63.9 Å². The predicted molar refractivity (Wildman–Crippen MR) is 135 cm³/mol. The fraction of sp³-hybridized carbons (Fsp3) is 0.360. The first kappa shape index (κ1) is 22.3. The van der Waals surface area contributed by atoms with E-state index in [1.807, 2.05) is 31.3 Å². The molecule has 3 aromatic rings. The maximum atomic E-state index is 6.30. The van der Waals surface area contributed by atoms with Gasteiger partial charge >= 0.3 is 0 Å². The molecule has 2 aliphatic rings. The number of aromatic nitrogens is 2. The lowest BCUT2D eigenvalue weighted by Crippen LogP contribution is -2.42.